The quantitative estimate of drug-likeness (QED) is 0.873. The summed E-state index contributed by atoms with van der Waals surface area (Å²) in [5.74, 6) is 0.874. The van der Waals surface area contributed by atoms with Crippen LogP contribution in [0.15, 0.2) is 46.5 Å². The fourth-order valence-corrected chi connectivity index (χ4v) is 2.72. The minimum absolute atomic E-state index is 0.485. The smallest absolute Gasteiger partial charge is 0.118 e. The number of aromatic nitrogens is 1. The molecule has 0 atom stereocenters. The first-order valence-electron chi connectivity index (χ1n) is 7.09. The van der Waals surface area contributed by atoms with Crippen LogP contribution < -0.4 is 10.1 Å². The highest BCUT2D eigenvalue weighted by molar-refractivity contribution is 7.99. The molecule has 0 unspecified atom stereocenters. The molecule has 0 aliphatic rings. The molecule has 0 bridgehead atoms. The lowest BCUT2D eigenvalue weighted by Gasteiger charge is -2.10. The summed E-state index contributed by atoms with van der Waals surface area (Å²) in [7, 11) is 1.68. The number of ether oxygens (including phenoxy) is 1. The predicted molar refractivity (Wildman–Crippen MR) is 88.1 cm³/mol. The Bertz CT molecular complexity index is 582. The Labute approximate surface area is 131 Å². The normalized spacial score (nSPS) is 10.9. The molecule has 0 aliphatic heterocycles. The Hall–Kier alpha value is -1.52. The zero-order valence-corrected chi connectivity index (χ0v) is 13.8. The van der Waals surface area contributed by atoms with Gasteiger partial charge in [0.15, 0.2) is 0 Å². The Kier molecular flexibility index (Phi) is 5.65. The fraction of sp³-hybridized carbons (Fsp3) is 0.353. The van der Waals surface area contributed by atoms with E-state index in [2.05, 4.69) is 49.3 Å². The van der Waals surface area contributed by atoms with Gasteiger partial charge in [0.2, 0.25) is 0 Å². The average molecular weight is 302 g/mol. The Morgan fingerprint density at radius 3 is 2.52 bits per heavy atom. The van der Waals surface area contributed by atoms with Crippen LogP contribution in [0.2, 0.25) is 0 Å². The van der Waals surface area contributed by atoms with E-state index in [1.807, 2.05) is 18.3 Å². The second-order valence-corrected chi connectivity index (χ2v) is 6.34. The van der Waals surface area contributed by atoms with Crippen molar-refractivity contribution in [2.24, 2.45) is 0 Å². The molecule has 0 aliphatic carbocycles. The van der Waals surface area contributed by atoms with E-state index in [1.54, 1.807) is 18.9 Å². The summed E-state index contributed by atoms with van der Waals surface area (Å²) < 4.78 is 5.17. The Morgan fingerprint density at radius 2 is 1.95 bits per heavy atom. The zero-order chi connectivity index (χ0) is 15.2. The molecule has 4 heteroatoms. The van der Waals surface area contributed by atoms with Gasteiger partial charge in [0.1, 0.15) is 10.8 Å². The van der Waals surface area contributed by atoms with Gasteiger partial charge in [0.05, 0.1) is 7.11 Å². The predicted octanol–water partition coefficient (Wildman–Crippen LogP) is 4.05. The number of benzene rings is 1. The number of aryl methyl sites for hydroxylation is 1. The van der Waals surface area contributed by atoms with E-state index < -0.39 is 0 Å². The molecule has 1 N–H and O–H groups in total. The van der Waals surface area contributed by atoms with Gasteiger partial charge in [-0.15, -0.1) is 0 Å². The van der Waals surface area contributed by atoms with Crippen LogP contribution in [-0.2, 0) is 6.54 Å². The lowest BCUT2D eigenvalue weighted by atomic mass is 10.2. The number of hydrogen-bond donors (Lipinski definition) is 1. The molecule has 2 aromatic rings. The molecule has 1 aromatic carbocycles. The molecule has 2 rings (SSSR count). The van der Waals surface area contributed by atoms with E-state index in [0.717, 1.165) is 17.3 Å². The van der Waals surface area contributed by atoms with E-state index in [4.69, 9.17) is 4.74 Å². The molecule has 1 heterocycles. The van der Waals surface area contributed by atoms with Crippen molar-refractivity contribution in [2.45, 2.75) is 43.3 Å². The zero-order valence-electron chi connectivity index (χ0n) is 13.0. The third-order valence-electron chi connectivity index (χ3n) is 3.08. The molecule has 112 valence electrons. The van der Waals surface area contributed by atoms with Crippen LogP contribution in [0, 0.1) is 6.92 Å². The Morgan fingerprint density at radius 1 is 1.24 bits per heavy atom. The molecular weight excluding hydrogens is 280 g/mol. The van der Waals surface area contributed by atoms with Gasteiger partial charge in [-0.25, -0.2) is 4.98 Å². The van der Waals surface area contributed by atoms with E-state index in [-0.39, 0.29) is 0 Å². The summed E-state index contributed by atoms with van der Waals surface area (Å²) >= 11 is 1.68. The van der Waals surface area contributed by atoms with Crippen LogP contribution in [0.25, 0.3) is 0 Å². The van der Waals surface area contributed by atoms with E-state index in [9.17, 15) is 0 Å². The molecule has 0 saturated heterocycles. The second kappa shape index (κ2) is 7.48. The monoisotopic (exact) mass is 302 g/mol. The summed E-state index contributed by atoms with van der Waals surface area (Å²) in [6.45, 7) is 7.26. The fourth-order valence-electron chi connectivity index (χ4n) is 1.90. The topological polar surface area (TPSA) is 34.1 Å². The minimum atomic E-state index is 0.485. The number of rotatable bonds is 6. The molecule has 0 amide bonds. The second-order valence-electron chi connectivity index (χ2n) is 5.28. The van der Waals surface area contributed by atoms with Gasteiger partial charge in [-0.3, -0.25) is 0 Å². The largest absolute Gasteiger partial charge is 0.497 e. The SMILES string of the molecule is COc1ccc(Sc2ncc(CNC(C)C)cc2C)cc1. The summed E-state index contributed by atoms with van der Waals surface area (Å²) in [6, 6.07) is 10.7. The Balaban J connectivity index is 2.06. The van der Waals surface area contributed by atoms with Crippen LogP contribution in [-0.4, -0.2) is 18.1 Å². The maximum atomic E-state index is 5.17. The number of nitrogens with zero attached hydrogens (tertiary/aromatic N) is 1. The van der Waals surface area contributed by atoms with Crippen LogP contribution in [0.4, 0.5) is 0 Å². The molecule has 0 radical (unpaired) electrons. The number of methoxy groups -OCH3 is 1. The maximum absolute atomic E-state index is 5.17. The average Bonchev–Trinajstić information content (AvgIpc) is 2.48. The van der Waals surface area contributed by atoms with Gasteiger partial charge in [-0.2, -0.15) is 0 Å². The number of hydrogen-bond acceptors (Lipinski definition) is 4. The summed E-state index contributed by atoms with van der Waals surface area (Å²) in [5.41, 5.74) is 2.43. The highest BCUT2D eigenvalue weighted by atomic mass is 32.2. The van der Waals surface area contributed by atoms with E-state index >= 15 is 0 Å². The highest BCUT2D eigenvalue weighted by Crippen LogP contribution is 2.29. The van der Waals surface area contributed by atoms with Gasteiger partial charge in [0.25, 0.3) is 0 Å². The molecule has 1 aromatic heterocycles. The lowest BCUT2D eigenvalue weighted by Crippen LogP contribution is -2.21. The van der Waals surface area contributed by atoms with E-state index in [0.29, 0.717) is 6.04 Å². The summed E-state index contributed by atoms with van der Waals surface area (Å²) in [4.78, 5) is 5.75. The van der Waals surface area contributed by atoms with Gasteiger partial charge in [-0.1, -0.05) is 31.7 Å². The number of nitrogens with one attached hydrogen (secondary N) is 1. The molecule has 3 nitrogen and oxygen atoms in total. The number of pyridine rings is 1. The summed E-state index contributed by atoms with van der Waals surface area (Å²) in [6.07, 6.45) is 1.95. The van der Waals surface area contributed by atoms with Gasteiger partial charge >= 0.3 is 0 Å². The van der Waals surface area contributed by atoms with Crippen molar-refractivity contribution in [1.82, 2.24) is 10.3 Å². The van der Waals surface area contributed by atoms with Crippen molar-refractivity contribution in [3.05, 3.63) is 47.7 Å². The van der Waals surface area contributed by atoms with Crippen LogP contribution in [0.5, 0.6) is 5.75 Å². The molecule has 0 saturated carbocycles. The molecule has 0 fully saturated rings. The molecule has 21 heavy (non-hydrogen) atoms. The first-order chi connectivity index (χ1) is 10.1. The van der Waals surface area contributed by atoms with Crippen molar-refractivity contribution in [3.63, 3.8) is 0 Å². The van der Waals surface area contributed by atoms with Gasteiger partial charge in [-0.05, 0) is 42.3 Å². The van der Waals surface area contributed by atoms with E-state index in [1.165, 1.54) is 16.0 Å². The standard InChI is InChI=1S/C17H22N2OS/c1-12(2)18-10-14-9-13(3)17(19-11-14)21-16-7-5-15(20-4)6-8-16/h5-9,11-12,18H,10H2,1-4H3. The first-order valence-corrected chi connectivity index (χ1v) is 7.91. The van der Waals surface area contributed by atoms with Crippen molar-refractivity contribution in [2.75, 3.05) is 7.11 Å². The molecular formula is C17H22N2OS. The van der Waals surface area contributed by atoms with Crippen molar-refractivity contribution < 1.29 is 4.74 Å². The van der Waals surface area contributed by atoms with Crippen molar-refractivity contribution >= 4 is 11.8 Å². The molecule has 0 spiro atoms. The van der Waals surface area contributed by atoms with Crippen molar-refractivity contribution in [3.8, 4) is 5.75 Å². The highest BCUT2D eigenvalue weighted by Gasteiger charge is 2.05. The van der Waals surface area contributed by atoms with Crippen LogP contribution >= 0.6 is 11.8 Å². The maximum Gasteiger partial charge on any atom is 0.118 e. The summed E-state index contributed by atoms with van der Waals surface area (Å²) in [5, 5.41) is 4.46. The van der Waals surface area contributed by atoms with Crippen LogP contribution in [0.1, 0.15) is 25.0 Å². The van der Waals surface area contributed by atoms with Crippen LogP contribution in [0.3, 0.4) is 0 Å². The third kappa shape index (κ3) is 4.76. The van der Waals surface area contributed by atoms with Crippen molar-refractivity contribution in [1.29, 1.82) is 0 Å². The lowest BCUT2D eigenvalue weighted by molar-refractivity contribution is 0.414. The third-order valence-corrected chi connectivity index (χ3v) is 4.20. The van der Waals surface area contributed by atoms with Gasteiger partial charge in [0, 0.05) is 23.7 Å². The van der Waals surface area contributed by atoms with Gasteiger partial charge < -0.3 is 10.1 Å². The first kappa shape index (κ1) is 15.9. The minimum Gasteiger partial charge on any atom is -0.497 e.